The zero-order valence-electron chi connectivity index (χ0n) is 10.3. The topological polar surface area (TPSA) is 20.3 Å². The molecule has 1 aliphatic carbocycles. The molecule has 0 N–H and O–H groups in total. The maximum atomic E-state index is 12.4. The van der Waals surface area contributed by atoms with Gasteiger partial charge in [0, 0.05) is 19.0 Å². The third-order valence-electron chi connectivity index (χ3n) is 3.61. The van der Waals surface area contributed by atoms with Gasteiger partial charge >= 0.3 is 0 Å². The van der Waals surface area contributed by atoms with Crippen LogP contribution in [0.3, 0.4) is 0 Å². The number of hydrogen-bond acceptors (Lipinski definition) is 2. The average Bonchev–Trinajstić information content (AvgIpc) is 2.88. The van der Waals surface area contributed by atoms with Gasteiger partial charge in [0.2, 0.25) is 5.91 Å². The highest BCUT2D eigenvalue weighted by Gasteiger charge is 2.37. The lowest BCUT2D eigenvalue weighted by molar-refractivity contribution is -0.140. The standard InChI is InChI=1S/C13H18BrNOS/c1-13(5-3-4-6-13)12(16)15(2)8-10-7-11(14)17-9-10/h7,9H,3-6,8H2,1-2H3. The van der Waals surface area contributed by atoms with E-state index in [-0.39, 0.29) is 5.41 Å². The van der Waals surface area contributed by atoms with E-state index in [0.29, 0.717) is 5.91 Å². The number of carbonyl (C=O) groups is 1. The summed E-state index contributed by atoms with van der Waals surface area (Å²) < 4.78 is 1.13. The Morgan fingerprint density at radius 2 is 2.18 bits per heavy atom. The van der Waals surface area contributed by atoms with Crippen molar-refractivity contribution in [1.82, 2.24) is 4.90 Å². The number of amides is 1. The van der Waals surface area contributed by atoms with Gasteiger partial charge in [0.1, 0.15) is 0 Å². The molecule has 1 fully saturated rings. The first-order valence-corrected chi connectivity index (χ1v) is 7.67. The highest BCUT2D eigenvalue weighted by Crippen LogP contribution is 2.39. The van der Waals surface area contributed by atoms with Gasteiger partial charge < -0.3 is 4.90 Å². The summed E-state index contributed by atoms with van der Waals surface area (Å²) in [6.07, 6.45) is 4.48. The third-order valence-corrected chi connectivity index (χ3v) is 5.16. The van der Waals surface area contributed by atoms with E-state index < -0.39 is 0 Å². The Morgan fingerprint density at radius 1 is 1.53 bits per heavy atom. The molecule has 94 valence electrons. The van der Waals surface area contributed by atoms with Crippen LogP contribution in [0.5, 0.6) is 0 Å². The number of nitrogens with zero attached hydrogens (tertiary/aromatic N) is 1. The summed E-state index contributed by atoms with van der Waals surface area (Å²) in [6.45, 7) is 2.83. The van der Waals surface area contributed by atoms with Crippen LogP contribution in [0.1, 0.15) is 38.2 Å². The molecule has 1 amide bonds. The first-order chi connectivity index (χ1) is 8.01. The maximum absolute atomic E-state index is 12.4. The molecular formula is C13H18BrNOS. The lowest BCUT2D eigenvalue weighted by Gasteiger charge is -2.28. The van der Waals surface area contributed by atoms with E-state index in [1.165, 1.54) is 18.4 Å². The van der Waals surface area contributed by atoms with Gasteiger partial charge in [-0.15, -0.1) is 11.3 Å². The van der Waals surface area contributed by atoms with Gasteiger partial charge in [-0.3, -0.25) is 4.79 Å². The molecule has 0 atom stereocenters. The van der Waals surface area contributed by atoms with E-state index in [4.69, 9.17) is 0 Å². The number of carbonyl (C=O) groups excluding carboxylic acids is 1. The van der Waals surface area contributed by atoms with Gasteiger partial charge in [-0.2, -0.15) is 0 Å². The summed E-state index contributed by atoms with van der Waals surface area (Å²) in [4.78, 5) is 14.3. The minimum absolute atomic E-state index is 0.109. The fourth-order valence-corrected chi connectivity index (χ4v) is 3.80. The average molecular weight is 316 g/mol. The van der Waals surface area contributed by atoms with E-state index in [9.17, 15) is 4.79 Å². The predicted molar refractivity (Wildman–Crippen MR) is 75.1 cm³/mol. The Kier molecular flexibility index (Phi) is 3.93. The summed E-state index contributed by atoms with van der Waals surface area (Å²) in [7, 11) is 1.91. The van der Waals surface area contributed by atoms with Crippen molar-refractivity contribution in [3.63, 3.8) is 0 Å². The Bertz CT molecular complexity index is 409. The second-order valence-electron chi connectivity index (χ2n) is 5.19. The molecule has 1 heterocycles. The molecule has 0 aromatic carbocycles. The minimum Gasteiger partial charge on any atom is -0.341 e. The molecule has 2 nitrogen and oxygen atoms in total. The van der Waals surface area contributed by atoms with Crippen LogP contribution in [0, 0.1) is 5.41 Å². The van der Waals surface area contributed by atoms with Gasteiger partial charge in [-0.25, -0.2) is 0 Å². The van der Waals surface area contributed by atoms with Crippen LogP contribution in [0.4, 0.5) is 0 Å². The van der Waals surface area contributed by atoms with Crippen LogP contribution in [-0.2, 0) is 11.3 Å². The molecule has 1 aliphatic rings. The number of halogens is 1. The van der Waals surface area contributed by atoms with Crippen molar-refractivity contribution in [2.24, 2.45) is 5.41 Å². The SMILES string of the molecule is CN(Cc1csc(Br)c1)C(=O)C1(C)CCCC1. The summed E-state index contributed by atoms with van der Waals surface area (Å²) in [6, 6.07) is 2.09. The van der Waals surface area contributed by atoms with Crippen LogP contribution < -0.4 is 0 Å². The van der Waals surface area contributed by atoms with Gasteiger partial charge in [-0.05, 0) is 45.8 Å². The summed E-state index contributed by atoms with van der Waals surface area (Å²) in [5, 5.41) is 2.10. The molecular weight excluding hydrogens is 298 g/mol. The van der Waals surface area contributed by atoms with E-state index in [0.717, 1.165) is 23.2 Å². The van der Waals surface area contributed by atoms with E-state index >= 15 is 0 Å². The Morgan fingerprint density at radius 3 is 2.71 bits per heavy atom. The van der Waals surface area contributed by atoms with E-state index in [1.54, 1.807) is 11.3 Å². The second kappa shape index (κ2) is 5.11. The fraction of sp³-hybridized carbons (Fsp3) is 0.615. The number of hydrogen-bond donors (Lipinski definition) is 0. The van der Waals surface area contributed by atoms with Crippen molar-refractivity contribution in [3.8, 4) is 0 Å². The van der Waals surface area contributed by atoms with Crippen LogP contribution >= 0.6 is 27.3 Å². The zero-order valence-corrected chi connectivity index (χ0v) is 12.7. The van der Waals surface area contributed by atoms with Crippen molar-refractivity contribution >= 4 is 33.2 Å². The van der Waals surface area contributed by atoms with Crippen molar-refractivity contribution in [2.75, 3.05) is 7.05 Å². The Balaban J connectivity index is 2.00. The van der Waals surface area contributed by atoms with Gasteiger partial charge in [0.05, 0.1) is 3.79 Å². The van der Waals surface area contributed by atoms with E-state index in [1.807, 2.05) is 11.9 Å². The molecule has 0 bridgehead atoms. The maximum Gasteiger partial charge on any atom is 0.228 e. The normalized spacial score (nSPS) is 18.3. The Hall–Kier alpha value is -0.350. The summed E-state index contributed by atoms with van der Waals surface area (Å²) >= 11 is 5.12. The summed E-state index contributed by atoms with van der Waals surface area (Å²) in [5.74, 6) is 0.303. The van der Waals surface area contributed by atoms with Crippen LogP contribution in [0.15, 0.2) is 15.2 Å². The molecule has 0 saturated heterocycles. The third kappa shape index (κ3) is 2.91. The fourth-order valence-electron chi connectivity index (χ4n) is 2.60. The highest BCUT2D eigenvalue weighted by atomic mass is 79.9. The zero-order chi connectivity index (χ0) is 12.5. The number of thiophene rings is 1. The molecule has 0 spiro atoms. The van der Waals surface area contributed by atoms with Gasteiger partial charge in [0.25, 0.3) is 0 Å². The predicted octanol–water partition coefficient (Wildman–Crippen LogP) is 4.05. The van der Waals surface area contributed by atoms with Crippen molar-refractivity contribution in [3.05, 3.63) is 20.8 Å². The van der Waals surface area contributed by atoms with Crippen LogP contribution in [-0.4, -0.2) is 17.9 Å². The molecule has 4 heteroatoms. The van der Waals surface area contributed by atoms with Gasteiger partial charge in [0.15, 0.2) is 0 Å². The molecule has 1 saturated carbocycles. The molecule has 1 aromatic rings. The lowest BCUT2D eigenvalue weighted by Crippen LogP contribution is -2.38. The molecule has 1 aromatic heterocycles. The van der Waals surface area contributed by atoms with Crippen molar-refractivity contribution in [2.45, 2.75) is 39.2 Å². The van der Waals surface area contributed by atoms with Crippen LogP contribution in [0.25, 0.3) is 0 Å². The Labute approximate surface area is 115 Å². The molecule has 17 heavy (non-hydrogen) atoms. The quantitative estimate of drug-likeness (QED) is 0.824. The highest BCUT2D eigenvalue weighted by molar-refractivity contribution is 9.11. The second-order valence-corrected chi connectivity index (χ2v) is 7.48. The van der Waals surface area contributed by atoms with Crippen LogP contribution in [0.2, 0.25) is 0 Å². The number of rotatable bonds is 3. The smallest absolute Gasteiger partial charge is 0.228 e. The van der Waals surface area contributed by atoms with Crippen molar-refractivity contribution in [1.29, 1.82) is 0 Å². The van der Waals surface area contributed by atoms with Crippen molar-refractivity contribution < 1.29 is 4.79 Å². The molecule has 0 radical (unpaired) electrons. The summed E-state index contributed by atoms with van der Waals surface area (Å²) in [5.41, 5.74) is 1.10. The molecule has 0 unspecified atom stereocenters. The largest absolute Gasteiger partial charge is 0.341 e. The monoisotopic (exact) mass is 315 g/mol. The first-order valence-electron chi connectivity index (χ1n) is 6.00. The van der Waals surface area contributed by atoms with Gasteiger partial charge in [-0.1, -0.05) is 19.8 Å². The van der Waals surface area contributed by atoms with E-state index in [2.05, 4.69) is 34.3 Å². The molecule has 0 aliphatic heterocycles. The molecule has 2 rings (SSSR count). The lowest BCUT2D eigenvalue weighted by atomic mass is 9.87. The first kappa shape index (κ1) is 13.1. The minimum atomic E-state index is -0.109.